The number of nitrogens with one attached hydrogen (secondary N) is 1. The van der Waals surface area contributed by atoms with Crippen molar-refractivity contribution >= 4 is 11.9 Å². The molecule has 0 aliphatic rings. The Morgan fingerprint density at radius 3 is 2.88 bits per heavy atom. The molecule has 94 valence electrons. The first kappa shape index (κ1) is 13.4. The van der Waals surface area contributed by atoms with Crippen molar-refractivity contribution in [3.63, 3.8) is 0 Å². The Balaban J connectivity index is 2.82. The molecule has 1 rings (SSSR count). The zero-order chi connectivity index (χ0) is 12.8. The molecule has 0 saturated carbocycles. The maximum Gasteiger partial charge on any atom is 0.341 e. The quantitative estimate of drug-likeness (QED) is 0.738. The summed E-state index contributed by atoms with van der Waals surface area (Å²) in [6, 6.07) is -0.136. The fourth-order valence-electron chi connectivity index (χ4n) is 1.21. The summed E-state index contributed by atoms with van der Waals surface area (Å²) in [4.78, 5) is 19.6. The predicted molar refractivity (Wildman–Crippen MR) is 62.9 cm³/mol. The van der Waals surface area contributed by atoms with Gasteiger partial charge in [-0.25, -0.2) is 14.8 Å². The van der Waals surface area contributed by atoms with Crippen molar-refractivity contribution in [2.45, 2.75) is 26.8 Å². The second-order valence-electron chi connectivity index (χ2n) is 3.64. The number of esters is 1. The standard InChI is InChI=1S/C11H17N3O3/c1-4-17-10(16)9-5-12-11(14-8(9)3)13-7(2)6-15/h5,7,15H,4,6H2,1-3H3,(H,12,13,14). The molecule has 6 heteroatoms. The maximum atomic E-state index is 11.5. The van der Waals surface area contributed by atoms with Gasteiger partial charge in [0.2, 0.25) is 5.95 Å². The third-order valence-corrected chi connectivity index (χ3v) is 2.12. The van der Waals surface area contributed by atoms with Gasteiger partial charge in [-0.3, -0.25) is 0 Å². The normalized spacial score (nSPS) is 12.0. The Labute approximate surface area is 100 Å². The van der Waals surface area contributed by atoms with Gasteiger partial charge in [-0.05, 0) is 20.8 Å². The van der Waals surface area contributed by atoms with Crippen molar-refractivity contribution in [1.29, 1.82) is 0 Å². The van der Waals surface area contributed by atoms with Gasteiger partial charge in [-0.2, -0.15) is 0 Å². The SMILES string of the molecule is CCOC(=O)c1cnc(NC(C)CO)nc1C. The topological polar surface area (TPSA) is 84.3 Å². The van der Waals surface area contributed by atoms with Crippen molar-refractivity contribution in [2.75, 3.05) is 18.5 Å². The van der Waals surface area contributed by atoms with E-state index in [1.165, 1.54) is 6.20 Å². The zero-order valence-electron chi connectivity index (χ0n) is 10.2. The van der Waals surface area contributed by atoms with Crippen LogP contribution in [0.3, 0.4) is 0 Å². The first-order valence-corrected chi connectivity index (χ1v) is 5.46. The molecule has 6 nitrogen and oxygen atoms in total. The minimum atomic E-state index is -0.424. The molecule has 0 aliphatic heterocycles. The van der Waals surface area contributed by atoms with Crippen LogP contribution in [0.2, 0.25) is 0 Å². The summed E-state index contributed by atoms with van der Waals surface area (Å²) < 4.78 is 4.87. The number of nitrogens with zero attached hydrogens (tertiary/aromatic N) is 2. The van der Waals surface area contributed by atoms with E-state index in [1.807, 2.05) is 0 Å². The fourth-order valence-corrected chi connectivity index (χ4v) is 1.21. The molecule has 0 saturated heterocycles. The van der Waals surface area contributed by atoms with Gasteiger partial charge in [-0.1, -0.05) is 0 Å². The first-order valence-electron chi connectivity index (χ1n) is 5.46. The molecular formula is C11H17N3O3. The van der Waals surface area contributed by atoms with Crippen LogP contribution in [0.1, 0.15) is 29.9 Å². The molecule has 1 aromatic rings. The number of carbonyl (C=O) groups is 1. The lowest BCUT2D eigenvalue weighted by molar-refractivity contribution is 0.0524. The largest absolute Gasteiger partial charge is 0.462 e. The van der Waals surface area contributed by atoms with E-state index in [4.69, 9.17) is 9.84 Å². The van der Waals surface area contributed by atoms with Gasteiger partial charge in [0.25, 0.3) is 0 Å². The Kier molecular flexibility index (Phi) is 4.84. The molecule has 1 heterocycles. The van der Waals surface area contributed by atoms with Crippen molar-refractivity contribution in [1.82, 2.24) is 9.97 Å². The van der Waals surface area contributed by atoms with Crippen LogP contribution >= 0.6 is 0 Å². The molecular weight excluding hydrogens is 222 g/mol. The number of rotatable bonds is 5. The molecule has 0 radical (unpaired) electrons. The van der Waals surface area contributed by atoms with Crippen LogP contribution < -0.4 is 5.32 Å². The summed E-state index contributed by atoms with van der Waals surface area (Å²) in [5.41, 5.74) is 0.903. The Morgan fingerprint density at radius 2 is 2.35 bits per heavy atom. The summed E-state index contributed by atoms with van der Waals surface area (Å²) >= 11 is 0. The number of aryl methyl sites for hydroxylation is 1. The van der Waals surface area contributed by atoms with Gasteiger partial charge < -0.3 is 15.2 Å². The second kappa shape index (κ2) is 6.15. The third-order valence-electron chi connectivity index (χ3n) is 2.12. The molecule has 0 fully saturated rings. The van der Waals surface area contributed by atoms with E-state index in [0.717, 1.165) is 0 Å². The third kappa shape index (κ3) is 3.67. The minimum Gasteiger partial charge on any atom is -0.462 e. The van der Waals surface area contributed by atoms with Crippen molar-refractivity contribution in [3.8, 4) is 0 Å². The van der Waals surface area contributed by atoms with Gasteiger partial charge >= 0.3 is 5.97 Å². The number of hydrogen-bond acceptors (Lipinski definition) is 6. The highest BCUT2D eigenvalue weighted by Crippen LogP contribution is 2.09. The minimum absolute atomic E-state index is 0.0119. The molecule has 1 atom stereocenters. The summed E-state index contributed by atoms with van der Waals surface area (Å²) in [7, 11) is 0. The molecule has 0 amide bonds. The van der Waals surface area contributed by atoms with Gasteiger partial charge in [0, 0.05) is 12.2 Å². The Bertz CT molecular complexity index is 396. The van der Waals surface area contributed by atoms with E-state index in [1.54, 1.807) is 20.8 Å². The number of hydrogen-bond donors (Lipinski definition) is 2. The highest BCUT2D eigenvalue weighted by atomic mass is 16.5. The average molecular weight is 239 g/mol. The molecule has 2 N–H and O–H groups in total. The molecule has 1 aromatic heterocycles. The van der Waals surface area contributed by atoms with Gasteiger partial charge in [0.1, 0.15) is 0 Å². The summed E-state index contributed by atoms with van der Waals surface area (Å²) in [5.74, 6) is -0.0381. The van der Waals surface area contributed by atoms with E-state index in [9.17, 15) is 4.79 Å². The van der Waals surface area contributed by atoms with Crippen LogP contribution in [-0.4, -0.2) is 40.3 Å². The van der Waals surface area contributed by atoms with E-state index in [-0.39, 0.29) is 12.6 Å². The molecule has 0 aromatic carbocycles. The van der Waals surface area contributed by atoms with Gasteiger partial charge in [-0.15, -0.1) is 0 Å². The smallest absolute Gasteiger partial charge is 0.341 e. The molecule has 0 spiro atoms. The summed E-state index contributed by atoms with van der Waals surface area (Å²) in [5, 5.41) is 11.8. The van der Waals surface area contributed by atoms with Gasteiger partial charge in [0.05, 0.1) is 24.5 Å². The molecule has 17 heavy (non-hydrogen) atoms. The van der Waals surface area contributed by atoms with Crippen molar-refractivity contribution in [3.05, 3.63) is 17.5 Å². The monoisotopic (exact) mass is 239 g/mol. The van der Waals surface area contributed by atoms with Crippen LogP contribution in [0, 0.1) is 6.92 Å². The lowest BCUT2D eigenvalue weighted by Gasteiger charge is -2.11. The second-order valence-corrected chi connectivity index (χ2v) is 3.64. The highest BCUT2D eigenvalue weighted by molar-refractivity contribution is 5.90. The van der Waals surface area contributed by atoms with Crippen LogP contribution in [0.15, 0.2) is 6.20 Å². The maximum absolute atomic E-state index is 11.5. The van der Waals surface area contributed by atoms with E-state index in [2.05, 4.69) is 15.3 Å². The first-order chi connectivity index (χ1) is 8.08. The number of anilines is 1. The highest BCUT2D eigenvalue weighted by Gasteiger charge is 2.13. The number of aliphatic hydroxyl groups is 1. The van der Waals surface area contributed by atoms with Crippen molar-refractivity contribution < 1.29 is 14.6 Å². The molecule has 0 aliphatic carbocycles. The number of aromatic nitrogens is 2. The van der Waals surface area contributed by atoms with Crippen LogP contribution in [0.4, 0.5) is 5.95 Å². The Hall–Kier alpha value is -1.69. The number of aliphatic hydroxyl groups excluding tert-OH is 1. The lowest BCUT2D eigenvalue weighted by Crippen LogP contribution is -2.21. The Morgan fingerprint density at radius 1 is 1.65 bits per heavy atom. The summed E-state index contributed by atoms with van der Waals surface area (Å²) in [6.45, 7) is 5.56. The zero-order valence-corrected chi connectivity index (χ0v) is 10.2. The number of ether oxygens (including phenoxy) is 1. The van der Waals surface area contributed by atoms with E-state index in [0.29, 0.717) is 23.8 Å². The fraction of sp³-hybridized carbons (Fsp3) is 0.545. The number of carbonyl (C=O) groups excluding carboxylic acids is 1. The van der Waals surface area contributed by atoms with Crippen LogP contribution in [-0.2, 0) is 4.74 Å². The van der Waals surface area contributed by atoms with E-state index >= 15 is 0 Å². The molecule has 1 unspecified atom stereocenters. The van der Waals surface area contributed by atoms with Crippen molar-refractivity contribution in [2.24, 2.45) is 0 Å². The summed E-state index contributed by atoms with van der Waals surface area (Å²) in [6.07, 6.45) is 1.42. The molecule has 0 bridgehead atoms. The van der Waals surface area contributed by atoms with E-state index < -0.39 is 5.97 Å². The van der Waals surface area contributed by atoms with Gasteiger partial charge in [0.15, 0.2) is 0 Å². The average Bonchev–Trinajstić information content (AvgIpc) is 2.29. The van der Waals surface area contributed by atoms with Crippen LogP contribution in [0.25, 0.3) is 0 Å². The predicted octanol–water partition coefficient (Wildman–Crippen LogP) is 0.754. The lowest BCUT2D eigenvalue weighted by atomic mass is 10.2. The van der Waals surface area contributed by atoms with Crippen LogP contribution in [0.5, 0.6) is 0 Å².